The highest BCUT2D eigenvalue weighted by Crippen LogP contribution is 2.40. The number of rotatable bonds is 9. The van der Waals surface area contributed by atoms with Gasteiger partial charge in [0.05, 0.1) is 12.4 Å². The van der Waals surface area contributed by atoms with E-state index in [0.29, 0.717) is 18.8 Å². The van der Waals surface area contributed by atoms with Crippen LogP contribution in [0, 0.1) is 5.92 Å². The predicted molar refractivity (Wildman–Crippen MR) is 142 cm³/mol. The van der Waals surface area contributed by atoms with Crippen LogP contribution in [-0.2, 0) is 10.3 Å². The van der Waals surface area contributed by atoms with E-state index < -0.39 is 5.54 Å². The van der Waals surface area contributed by atoms with Crippen molar-refractivity contribution in [2.75, 3.05) is 13.2 Å². The molecule has 0 saturated carbocycles. The van der Waals surface area contributed by atoms with Gasteiger partial charge in [-0.05, 0) is 22.6 Å². The molecule has 0 radical (unpaired) electrons. The Labute approximate surface area is 217 Å². The number of aromatic nitrogens is 2. The number of benzene rings is 3. The Morgan fingerprint density at radius 1 is 0.919 bits per heavy atom. The van der Waals surface area contributed by atoms with Crippen LogP contribution in [-0.4, -0.2) is 45.5 Å². The van der Waals surface area contributed by atoms with E-state index in [-0.39, 0.29) is 30.3 Å². The molecule has 0 N–H and O–H groups in total. The van der Waals surface area contributed by atoms with Crippen LogP contribution in [0.15, 0.2) is 104 Å². The molecule has 4 aromatic rings. The molecular weight excluding hydrogens is 462 g/mol. The molecule has 6 heteroatoms. The first kappa shape index (κ1) is 24.5. The number of ketones is 1. The van der Waals surface area contributed by atoms with E-state index in [1.165, 1.54) is 0 Å². The highest BCUT2D eigenvalue weighted by Gasteiger charge is 2.39. The van der Waals surface area contributed by atoms with E-state index in [9.17, 15) is 9.59 Å². The van der Waals surface area contributed by atoms with Crippen LogP contribution in [0.3, 0.4) is 0 Å². The number of carbonyl (C=O) groups is 2. The van der Waals surface area contributed by atoms with Crippen LogP contribution >= 0.6 is 0 Å². The van der Waals surface area contributed by atoms with Gasteiger partial charge in [-0.3, -0.25) is 4.79 Å². The molecule has 1 saturated heterocycles. The topological polar surface area (TPSA) is 64.4 Å². The van der Waals surface area contributed by atoms with E-state index in [4.69, 9.17) is 4.74 Å². The zero-order chi connectivity index (χ0) is 25.8. The van der Waals surface area contributed by atoms with Crippen molar-refractivity contribution in [3.05, 3.63) is 126 Å². The van der Waals surface area contributed by atoms with Gasteiger partial charge in [-0.25, -0.2) is 9.78 Å². The summed E-state index contributed by atoms with van der Waals surface area (Å²) in [5.41, 5.74) is 2.83. The normalized spacial score (nSPS) is 15.7. The molecule has 6 nitrogen and oxygen atoms in total. The first-order valence-electron chi connectivity index (χ1n) is 12.7. The van der Waals surface area contributed by atoms with Crippen molar-refractivity contribution in [2.24, 2.45) is 5.92 Å². The standard InChI is InChI=1S/C31H31N3O3/c1-23(2)28-21-37-30(36)34(28)19-18-29(35)27-20-33(22-32-27)31(24-12-6-3-7-13-24,25-14-8-4-9-15-25)26-16-10-5-11-17-26/h3-17,20,22-23,28H,18-19,21H2,1-2H3. The summed E-state index contributed by atoms with van der Waals surface area (Å²) in [5.74, 6) is 0.146. The van der Waals surface area contributed by atoms with Crippen molar-refractivity contribution < 1.29 is 14.3 Å². The van der Waals surface area contributed by atoms with Crippen molar-refractivity contribution in [1.29, 1.82) is 0 Å². The predicted octanol–water partition coefficient (Wildman–Crippen LogP) is 5.77. The van der Waals surface area contributed by atoms with Crippen LogP contribution < -0.4 is 0 Å². The summed E-state index contributed by atoms with van der Waals surface area (Å²) in [7, 11) is 0. The van der Waals surface area contributed by atoms with Crippen LogP contribution in [0.4, 0.5) is 4.79 Å². The van der Waals surface area contributed by atoms with Crippen molar-refractivity contribution in [3.8, 4) is 0 Å². The third kappa shape index (κ3) is 4.55. The summed E-state index contributed by atoms with van der Waals surface area (Å²) in [6.07, 6.45) is 3.40. The van der Waals surface area contributed by atoms with Gasteiger partial charge in [0.2, 0.25) is 0 Å². The Balaban J connectivity index is 1.53. The minimum absolute atomic E-state index is 0.0141. The molecule has 37 heavy (non-hydrogen) atoms. The van der Waals surface area contributed by atoms with Gasteiger partial charge in [0.15, 0.2) is 5.78 Å². The average molecular weight is 494 g/mol. The summed E-state index contributed by atoms with van der Waals surface area (Å²) in [4.78, 5) is 31.7. The molecule has 5 rings (SSSR count). The quantitative estimate of drug-likeness (QED) is 0.219. The Kier molecular flexibility index (Phi) is 6.91. The summed E-state index contributed by atoms with van der Waals surface area (Å²) in [5, 5.41) is 0. The molecule has 1 fully saturated rings. The zero-order valence-electron chi connectivity index (χ0n) is 21.2. The lowest BCUT2D eigenvalue weighted by Gasteiger charge is -2.37. The highest BCUT2D eigenvalue weighted by atomic mass is 16.6. The van der Waals surface area contributed by atoms with Gasteiger partial charge < -0.3 is 14.2 Å². The Bertz CT molecular complexity index is 1250. The molecule has 1 aliphatic rings. The second-order valence-corrected chi connectivity index (χ2v) is 9.73. The maximum atomic E-state index is 13.3. The van der Waals surface area contributed by atoms with Crippen molar-refractivity contribution in [3.63, 3.8) is 0 Å². The Morgan fingerprint density at radius 3 is 1.92 bits per heavy atom. The second kappa shape index (κ2) is 10.4. The van der Waals surface area contributed by atoms with Crippen molar-refractivity contribution >= 4 is 11.9 Å². The lowest BCUT2D eigenvalue weighted by atomic mass is 9.77. The molecular formula is C31H31N3O3. The third-order valence-corrected chi connectivity index (χ3v) is 7.19. The maximum absolute atomic E-state index is 13.3. The number of imidazole rings is 1. The van der Waals surface area contributed by atoms with Gasteiger partial charge in [-0.1, -0.05) is 105 Å². The number of hydrogen-bond donors (Lipinski definition) is 0. The van der Waals surface area contributed by atoms with E-state index in [1.807, 2.05) is 65.4 Å². The number of hydrogen-bond acceptors (Lipinski definition) is 4. The van der Waals surface area contributed by atoms with Gasteiger partial charge in [-0.2, -0.15) is 0 Å². The zero-order valence-corrected chi connectivity index (χ0v) is 21.2. The van der Waals surface area contributed by atoms with E-state index in [2.05, 4.69) is 55.2 Å². The van der Waals surface area contributed by atoms with Crippen LogP contribution in [0.5, 0.6) is 0 Å². The minimum atomic E-state index is -0.725. The minimum Gasteiger partial charge on any atom is -0.447 e. The molecule has 188 valence electrons. The molecule has 1 amide bonds. The molecule has 0 aliphatic carbocycles. The van der Waals surface area contributed by atoms with E-state index >= 15 is 0 Å². The number of nitrogens with zero attached hydrogens (tertiary/aromatic N) is 3. The van der Waals surface area contributed by atoms with Crippen LogP contribution in [0.2, 0.25) is 0 Å². The molecule has 0 spiro atoms. The van der Waals surface area contributed by atoms with Crippen LogP contribution in [0.25, 0.3) is 0 Å². The number of carbonyl (C=O) groups excluding carboxylic acids is 2. The largest absolute Gasteiger partial charge is 0.447 e. The summed E-state index contributed by atoms with van der Waals surface area (Å²) >= 11 is 0. The van der Waals surface area contributed by atoms with Gasteiger partial charge in [-0.15, -0.1) is 0 Å². The number of Topliss-reactive ketones (excluding diaryl/α,β-unsaturated/α-hetero) is 1. The van der Waals surface area contributed by atoms with Gasteiger partial charge in [0.25, 0.3) is 0 Å². The van der Waals surface area contributed by atoms with Crippen LogP contribution in [0.1, 0.15) is 47.4 Å². The molecule has 1 atom stereocenters. The van der Waals surface area contributed by atoms with E-state index in [1.54, 1.807) is 11.2 Å². The molecule has 3 aromatic carbocycles. The molecule has 2 heterocycles. The van der Waals surface area contributed by atoms with Crippen molar-refractivity contribution in [2.45, 2.75) is 31.8 Å². The fraction of sp³-hybridized carbons (Fsp3) is 0.258. The average Bonchev–Trinajstić information content (AvgIpc) is 3.57. The summed E-state index contributed by atoms with van der Waals surface area (Å²) < 4.78 is 7.26. The van der Waals surface area contributed by atoms with Gasteiger partial charge >= 0.3 is 6.09 Å². The fourth-order valence-electron chi connectivity index (χ4n) is 5.26. The SMILES string of the molecule is CC(C)C1COC(=O)N1CCC(=O)c1cn(C(c2ccccc2)(c2ccccc2)c2ccccc2)cn1. The summed E-state index contributed by atoms with van der Waals surface area (Å²) in [6.45, 7) is 4.79. The molecule has 1 unspecified atom stereocenters. The fourth-order valence-corrected chi connectivity index (χ4v) is 5.26. The lowest BCUT2D eigenvalue weighted by Crippen LogP contribution is -2.38. The number of cyclic esters (lactones) is 1. The highest BCUT2D eigenvalue weighted by molar-refractivity contribution is 5.94. The third-order valence-electron chi connectivity index (χ3n) is 7.19. The summed E-state index contributed by atoms with van der Waals surface area (Å²) in [6, 6.07) is 30.8. The maximum Gasteiger partial charge on any atom is 0.410 e. The number of ether oxygens (including phenoxy) is 1. The molecule has 1 aromatic heterocycles. The lowest BCUT2D eigenvalue weighted by molar-refractivity contribution is 0.0958. The second-order valence-electron chi connectivity index (χ2n) is 9.73. The monoisotopic (exact) mass is 493 g/mol. The molecule has 1 aliphatic heterocycles. The van der Waals surface area contributed by atoms with Crippen molar-refractivity contribution in [1.82, 2.24) is 14.5 Å². The molecule has 0 bridgehead atoms. The Hall–Kier alpha value is -4.19. The van der Waals surface area contributed by atoms with Gasteiger partial charge in [0.1, 0.15) is 17.8 Å². The van der Waals surface area contributed by atoms with E-state index in [0.717, 1.165) is 16.7 Å². The first-order valence-corrected chi connectivity index (χ1v) is 12.7. The first-order chi connectivity index (χ1) is 18.0. The van der Waals surface area contributed by atoms with Gasteiger partial charge in [0, 0.05) is 19.2 Å². The number of amides is 1. The Morgan fingerprint density at radius 2 is 1.43 bits per heavy atom. The smallest absolute Gasteiger partial charge is 0.410 e.